The third kappa shape index (κ3) is 2.22. The van der Waals surface area contributed by atoms with Gasteiger partial charge in [-0.25, -0.2) is 13.1 Å². The minimum atomic E-state index is -3.56. The third-order valence-corrected chi connectivity index (χ3v) is 4.75. The molecule has 0 aromatic carbocycles. The van der Waals surface area contributed by atoms with Gasteiger partial charge in [-0.15, -0.1) is 0 Å². The summed E-state index contributed by atoms with van der Waals surface area (Å²) in [6, 6.07) is -0.00451. The molecule has 0 bridgehead atoms. The third-order valence-electron chi connectivity index (χ3n) is 3.31. The molecule has 17 heavy (non-hydrogen) atoms. The summed E-state index contributed by atoms with van der Waals surface area (Å²) in [5.41, 5.74) is 6.83. The number of hydrogen-bond acceptors (Lipinski definition) is 4. The molecule has 1 saturated carbocycles. The van der Waals surface area contributed by atoms with Crippen LogP contribution in [0, 0.1) is 12.3 Å². The monoisotopic (exact) mass is 258 g/mol. The fourth-order valence-corrected chi connectivity index (χ4v) is 3.42. The van der Waals surface area contributed by atoms with Crippen LogP contribution in [0.15, 0.2) is 5.03 Å². The number of H-pyrrole nitrogens is 1. The van der Waals surface area contributed by atoms with Gasteiger partial charge in [-0.1, -0.05) is 13.8 Å². The van der Waals surface area contributed by atoms with Crippen molar-refractivity contribution >= 4 is 10.0 Å². The maximum atomic E-state index is 12.1. The second kappa shape index (κ2) is 3.79. The Bertz CT molecular complexity index is 533. The van der Waals surface area contributed by atoms with Crippen LogP contribution in [0.4, 0.5) is 0 Å². The minimum absolute atomic E-state index is 0.00451. The van der Waals surface area contributed by atoms with E-state index < -0.39 is 10.0 Å². The molecule has 2 rings (SSSR count). The van der Waals surface area contributed by atoms with Crippen molar-refractivity contribution in [2.24, 2.45) is 11.1 Å². The molecule has 0 spiro atoms. The fraction of sp³-hybridized carbons (Fsp3) is 0.700. The van der Waals surface area contributed by atoms with Crippen LogP contribution in [0.3, 0.4) is 0 Å². The first-order chi connectivity index (χ1) is 7.78. The number of nitrogens with zero attached hydrogens (tertiary/aromatic N) is 1. The van der Waals surface area contributed by atoms with Crippen LogP contribution in [0.5, 0.6) is 0 Å². The molecule has 1 heterocycles. The van der Waals surface area contributed by atoms with Gasteiger partial charge in [0.2, 0.25) is 0 Å². The molecule has 1 fully saturated rings. The van der Waals surface area contributed by atoms with Crippen molar-refractivity contribution in [1.29, 1.82) is 0 Å². The summed E-state index contributed by atoms with van der Waals surface area (Å²) in [7, 11) is -3.56. The molecule has 1 atom stereocenters. The molecule has 0 saturated heterocycles. The molecule has 7 heteroatoms. The van der Waals surface area contributed by atoms with Crippen molar-refractivity contribution in [2.45, 2.75) is 44.8 Å². The van der Waals surface area contributed by atoms with E-state index in [9.17, 15) is 8.42 Å². The SMILES string of the molecule is Cc1[nH]nc(S(=O)(=O)NC2CC2(C)C)c1CN. The summed E-state index contributed by atoms with van der Waals surface area (Å²) < 4.78 is 26.9. The van der Waals surface area contributed by atoms with Crippen molar-refractivity contribution in [3.8, 4) is 0 Å². The van der Waals surface area contributed by atoms with E-state index in [-0.39, 0.29) is 23.0 Å². The van der Waals surface area contributed by atoms with Gasteiger partial charge in [0, 0.05) is 23.8 Å². The molecule has 0 amide bonds. The maximum absolute atomic E-state index is 12.1. The number of nitrogens with two attached hydrogens (primary N) is 1. The molecule has 4 N–H and O–H groups in total. The fourth-order valence-electron chi connectivity index (χ4n) is 1.80. The number of hydrogen-bond donors (Lipinski definition) is 3. The summed E-state index contributed by atoms with van der Waals surface area (Å²) in [6.07, 6.45) is 0.855. The zero-order valence-corrected chi connectivity index (χ0v) is 11.1. The van der Waals surface area contributed by atoms with Gasteiger partial charge in [0.05, 0.1) is 0 Å². The van der Waals surface area contributed by atoms with Crippen molar-refractivity contribution < 1.29 is 8.42 Å². The molecule has 6 nitrogen and oxygen atoms in total. The molecule has 96 valence electrons. The zero-order chi connectivity index (χ0) is 12.8. The quantitative estimate of drug-likeness (QED) is 0.720. The van der Waals surface area contributed by atoms with E-state index in [1.807, 2.05) is 13.8 Å². The van der Waals surface area contributed by atoms with Crippen molar-refractivity contribution in [3.05, 3.63) is 11.3 Å². The number of nitrogens with one attached hydrogen (secondary N) is 2. The van der Waals surface area contributed by atoms with E-state index in [1.54, 1.807) is 6.92 Å². The van der Waals surface area contributed by atoms with E-state index >= 15 is 0 Å². The second-order valence-corrected chi connectivity index (χ2v) is 6.83. The van der Waals surface area contributed by atoms with E-state index in [4.69, 9.17) is 5.73 Å². The van der Waals surface area contributed by atoms with E-state index in [1.165, 1.54) is 0 Å². The zero-order valence-electron chi connectivity index (χ0n) is 10.2. The van der Waals surface area contributed by atoms with Crippen LogP contribution in [-0.4, -0.2) is 24.7 Å². The van der Waals surface area contributed by atoms with Crippen LogP contribution in [0.25, 0.3) is 0 Å². The van der Waals surface area contributed by atoms with E-state index in [0.717, 1.165) is 6.42 Å². The van der Waals surface area contributed by atoms with Gasteiger partial charge in [-0.3, -0.25) is 5.10 Å². The van der Waals surface area contributed by atoms with Gasteiger partial charge >= 0.3 is 0 Å². The van der Waals surface area contributed by atoms with Crippen molar-refractivity contribution in [2.75, 3.05) is 0 Å². The van der Waals surface area contributed by atoms with Gasteiger partial charge in [0.15, 0.2) is 5.03 Å². The van der Waals surface area contributed by atoms with Crippen LogP contribution in [0.2, 0.25) is 0 Å². The van der Waals surface area contributed by atoms with Crippen LogP contribution in [0.1, 0.15) is 31.5 Å². The predicted molar refractivity (Wildman–Crippen MR) is 63.7 cm³/mol. The average Bonchev–Trinajstić information content (AvgIpc) is 2.63. The first-order valence-corrected chi connectivity index (χ1v) is 7.02. The summed E-state index contributed by atoms with van der Waals surface area (Å²) >= 11 is 0. The van der Waals surface area contributed by atoms with Crippen molar-refractivity contribution in [1.82, 2.24) is 14.9 Å². The first kappa shape index (κ1) is 12.5. The first-order valence-electron chi connectivity index (χ1n) is 5.54. The maximum Gasteiger partial charge on any atom is 0.260 e. The number of aryl methyl sites for hydroxylation is 1. The number of aromatic nitrogens is 2. The highest BCUT2D eigenvalue weighted by Crippen LogP contribution is 2.45. The van der Waals surface area contributed by atoms with E-state index in [0.29, 0.717) is 11.3 Å². The lowest BCUT2D eigenvalue weighted by Crippen LogP contribution is -2.29. The molecular formula is C10H18N4O2S. The Kier molecular flexibility index (Phi) is 2.80. The minimum Gasteiger partial charge on any atom is -0.326 e. The second-order valence-electron chi connectivity index (χ2n) is 5.20. The Morgan fingerprint density at radius 2 is 2.18 bits per heavy atom. The standard InChI is InChI=1S/C10H18N4O2S/c1-6-7(5-11)9(13-12-6)17(15,16)14-8-4-10(8,2)3/h8,14H,4-5,11H2,1-3H3,(H,12,13). The molecule has 0 aliphatic heterocycles. The Morgan fingerprint density at radius 1 is 1.59 bits per heavy atom. The average molecular weight is 258 g/mol. The number of aromatic amines is 1. The van der Waals surface area contributed by atoms with Crippen LogP contribution < -0.4 is 10.5 Å². The number of rotatable bonds is 4. The molecule has 1 aliphatic rings. The Balaban J connectivity index is 2.26. The molecule has 1 unspecified atom stereocenters. The predicted octanol–water partition coefficient (Wildman–Crippen LogP) is 0.254. The summed E-state index contributed by atoms with van der Waals surface area (Å²) in [6.45, 7) is 5.97. The highest BCUT2D eigenvalue weighted by atomic mass is 32.2. The normalized spacial score (nSPS) is 22.7. The molecule has 0 radical (unpaired) electrons. The Hall–Kier alpha value is -0.920. The highest BCUT2D eigenvalue weighted by molar-refractivity contribution is 7.89. The lowest BCUT2D eigenvalue weighted by atomic mass is 10.2. The van der Waals surface area contributed by atoms with Gasteiger partial charge in [-0.2, -0.15) is 5.10 Å². The van der Waals surface area contributed by atoms with E-state index in [2.05, 4.69) is 14.9 Å². The number of sulfonamides is 1. The van der Waals surface area contributed by atoms with Gasteiger partial charge in [0.25, 0.3) is 10.0 Å². The van der Waals surface area contributed by atoms with Gasteiger partial charge in [0.1, 0.15) is 0 Å². The lowest BCUT2D eigenvalue weighted by molar-refractivity contribution is 0.551. The van der Waals surface area contributed by atoms with Crippen LogP contribution in [-0.2, 0) is 16.6 Å². The Labute approximate surface area is 101 Å². The summed E-state index contributed by atoms with van der Waals surface area (Å²) in [5, 5.41) is 6.52. The van der Waals surface area contributed by atoms with Gasteiger partial charge in [-0.05, 0) is 18.8 Å². The summed E-state index contributed by atoms with van der Waals surface area (Å²) in [5.74, 6) is 0. The van der Waals surface area contributed by atoms with Crippen molar-refractivity contribution in [3.63, 3.8) is 0 Å². The largest absolute Gasteiger partial charge is 0.326 e. The van der Waals surface area contributed by atoms with Gasteiger partial charge < -0.3 is 5.73 Å². The molecule has 1 aromatic heterocycles. The lowest BCUT2D eigenvalue weighted by Gasteiger charge is -2.07. The Morgan fingerprint density at radius 3 is 2.65 bits per heavy atom. The molecule has 1 aliphatic carbocycles. The molecular weight excluding hydrogens is 240 g/mol. The molecule has 1 aromatic rings. The highest BCUT2D eigenvalue weighted by Gasteiger charge is 2.48. The van der Waals surface area contributed by atoms with Crippen LogP contribution >= 0.6 is 0 Å². The smallest absolute Gasteiger partial charge is 0.260 e. The summed E-state index contributed by atoms with van der Waals surface area (Å²) in [4.78, 5) is 0. The topological polar surface area (TPSA) is 101 Å².